The average molecular weight is 296 g/mol. The molecule has 8 N–H and O–H groups in total. The fourth-order valence-corrected chi connectivity index (χ4v) is 1.05. The lowest BCUT2D eigenvalue weighted by atomic mass is 9.99. The molecule has 118 valence electrons. The maximum atomic E-state index is 9.10. The van der Waals surface area contributed by atoms with Gasteiger partial charge in [0.25, 0.3) is 0 Å². The van der Waals surface area contributed by atoms with Crippen LogP contribution in [0.2, 0.25) is 0 Å². The third-order valence-electron chi connectivity index (χ3n) is 2.59. The summed E-state index contributed by atoms with van der Waals surface area (Å²) in [6, 6.07) is 0. The first-order valence-electron chi connectivity index (χ1n) is 5.72. The lowest BCUT2D eigenvalue weighted by Crippen LogP contribution is -2.61. The van der Waals surface area contributed by atoms with Crippen LogP contribution in [0.5, 0.6) is 0 Å². The Labute approximate surface area is 114 Å². The van der Waals surface area contributed by atoms with Crippen LogP contribution in [-0.4, -0.2) is 93.2 Å². The number of aliphatic carboxylic acids is 2. The van der Waals surface area contributed by atoms with Gasteiger partial charge in [0.15, 0.2) is 0 Å². The van der Waals surface area contributed by atoms with Gasteiger partial charge in [-0.15, -0.1) is 0 Å². The van der Waals surface area contributed by atoms with Crippen LogP contribution < -0.4 is 10.6 Å². The highest BCUT2D eigenvalue weighted by atomic mass is 16.4. The van der Waals surface area contributed by atoms with Gasteiger partial charge in [-0.25, -0.2) is 9.59 Å². The van der Waals surface area contributed by atoms with E-state index < -0.39 is 23.1 Å². The number of β-amino-alcohol motifs (C(OH)–C–C–N with tert-alkyl or cyclic N) is 2. The van der Waals surface area contributed by atoms with Gasteiger partial charge in [-0.2, -0.15) is 0 Å². The van der Waals surface area contributed by atoms with Crippen LogP contribution in [0.4, 0.5) is 0 Å². The van der Waals surface area contributed by atoms with E-state index in [4.69, 9.17) is 40.2 Å². The van der Waals surface area contributed by atoms with Crippen LogP contribution in [0.15, 0.2) is 0 Å². The Hall–Kier alpha value is -1.30. The number of rotatable bonds is 2. The minimum atomic E-state index is -1.82. The molecule has 0 atom stereocenters. The second-order valence-corrected chi connectivity index (χ2v) is 4.58. The number of hydrogen-bond acceptors (Lipinski definition) is 8. The van der Waals surface area contributed by atoms with Crippen molar-refractivity contribution >= 4 is 11.9 Å². The second-order valence-electron chi connectivity index (χ2n) is 4.58. The zero-order valence-corrected chi connectivity index (χ0v) is 10.7. The summed E-state index contributed by atoms with van der Waals surface area (Å²) in [6.07, 6.45) is 0. The number of aliphatic hydroxyl groups is 4. The second kappa shape index (κ2) is 8.09. The lowest BCUT2D eigenvalue weighted by Gasteiger charge is -2.35. The van der Waals surface area contributed by atoms with E-state index in [9.17, 15) is 0 Å². The summed E-state index contributed by atoms with van der Waals surface area (Å²) in [5.41, 5.74) is -1.58. The van der Waals surface area contributed by atoms with Crippen molar-refractivity contribution in [1.82, 2.24) is 10.6 Å². The predicted molar refractivity (Wildman–Crippen MR) is 65.1 cm³/mol. The fourth-order valence-electron chi connectivity index (χ4n) is 1.05. The summed E-state index contributed by atoms with van der Waals surface area (Å²) in [4.78, 5) is 18.2. The molecule has 0 saturated carbocycles. The molecule has 2 fully saturated rings. The average Bonchev–Trinajstić information content (AvgIpc) is 2.34. The van der Waals surface area contributed by atoms with Gasteiger partial charge in [0.1, 0.15) is 11.2 Å². The molecule has 0 aromatic rings. The monoisotopic (exact) mass is 296 g/mol. The van der Waals surface area contributed by atoms with E-state index in [1.165, 1.54) is 0 Å². The van der Waals surface area contributed by atoms with Crippen molar-refractivity contribution in [3.8, 4) is 0 Å². The molecule has 0 aliphatic carbocycles. The molecule has 2 aliphatic rings. The van der Waals surface area contributed by atoms with E-state index in [2.05, 4.69) is 10.6 Å². The molecular weight excluding hydrogens is 276 g/mol. The number of aliphatic hydroxyl groups excluding tert-OH is 2. The molecule has 2 aliphatic heterocycles. The quantitative estimate of drug-likeness (QED) is 0.233. The zero-order valence-electron chi connectivity index (χ0n) is 10.7. The van der Waals surface area contributed by atoms with Crippen molar-refractivity contribution < 1.29 is 40.2 Å². The van der Waals surface area contributed by atoms with E-state index in [1.54, 1.807) is 0 Å². The lowest BCUT2D eigenvalue weighted by molar-refractivity contribution is -0.159. The summed E-state index contributed by atoms with van der Waals surface area (Å²) >= 11 is 0. The predicted octanol–water partition coefficient (Wildman–Crippen LogP) is -4.22. The van der Waals surface area contributed by atoms with Gasteiger partial charge in [-0.3, -0.25) is 0 Å². The van der Waals surface area contributed by atoms with Crippen LogP contribution in [0.3, 0.4) is 0 Å². The largest absolute Gasteiger partial charge is 0.473 e. The van der Waals surface area contributed by atoms with Crippen molar-refractivity contribution in [3.05, 3.63) is 0 Å². The minimum Gasteiger partial charge on any atom is -0.473 e. The maximum Gasteiger partial charge on any atom is 0.414 e. The van der Waals surface area contributed by atoms with Gasteiger partial charge in [0.2, 0.25) is 0 Å². The summed E-state index contributed by atoms with van der Waals surface area (Å²) in [5.74, 6) is -3.65. The highest BCUT2D eigenvalue weighted by Gasteiger charge is 2.33. The van der Waals surface area contributed by atoms with Crippen molar-refractivity contribution in [2.45, 2.75) is 11.2 Å². The van der Waals surface area contributed by atoms with Crippen LogP contribution in [0.25, 0.3) is 0 Å². The third-order valence-corrected chi connectivity index (χ3v) is 2.59. The van der Waals surface area contributed by atoms with E-state index in [1.807, 2.05) is 0 Å². The van der Waals surface area contributed by atoms with Crippen molar-refractivity contribution in [1.29, 1.82) is 0 Å². The topological polar surface area (TPSA) is 180 Å². The van der Waals surface area contributed by atoms with E-state index in [0.717, 1.165) is 0 Å². The first-order valence-corrected chi connectivity index (χ1v) is 5.72. The molecule has 10 nitrogen and oxygen atoms in total. The Morgan fingerprint density at radius 2 is 1.05 bits per heavy atom. The van der Waals surface area contributed by atoms with Gasteiger partial charge in [0.05, 0.1) is 13.2 Å². The molecule has 2 saturated heterocycles. The first-order chi connectivity index (χ1) is 9.18. The molecule has 20 heavy (non-hydrogen) atoms. The summed E-state index contributed by atoms with van der Waals surface area (Å²) < 4.78 is 0. The van der Waals surface area contributed by atoms with Crippen molar-refractivity contribution in [3.63, 3.8) is 0 Å². The van der Waals surface area contributed by atoms with E-state index in [0.29, 0.717) is 26.2 Å². The molecule has 0 bridgehead atoms. The number of carboxylic acid groups (broad SMARTS) is 2. The zero-order chi connectivity index (χ0) is 15.8. The molecule has 10 heteroatoms. The van der Waals surface area contributed by atoms with Crippen LogP contribution in [-0.2, 0) is 9.59 Å². The Morgan fingerprint density at radius 3 is 1.05 bits per heavy atom. The molecule has 0 unspecified atom stereocenters. The number of hydrogen-bond donors (Lipinski definition) is 8. The van der Waals surface area contributed by atoms with Crippen LogP contribution >= 0.6 is 0 Å². The molecule has 0 amide bonds. The van der Waals surface area contributed by atoms with Gasteiger partial charge < -0.3 is 41.3 Å². The van der Waals surface area contributed by atoms with Gasteiger partial charge in [-0.05, 0) is 0 Å². The van der Waals surface area contributed by atoms with Gasteiger partial charge in [-0.1, -0.05) is 0 Å². The fraction of sp³-hybridized carbons (Fsp3) is 0.800. The smallest absolute Gasteiger partial charge is 0.414 e. The first kappa shape index (κ1) is 18.7. The van der Waals surface area contributed by atoms with Gasteiger partial charge >= 0.3 is 11.9 Å². The summed E-state index contributed by atoms with van der Waals surface area (Å²) in [7, 11) is 0. The molecule has 0 spiro atoms. The number of carbonyl (C=O) groups is 2. The van der Waals surface area contributed by atoms with Crippen molar-refractivity contribution in [2.75, 3.05) is 39.4 Å². The van der Waals surface area contributed by atoms with Crippen LogP contribution in [0, 0.1) is 0 Å². The Kier molecular flexibility index (Phi) is 7.57. The van der Waals surface area contributed by atoms with E-state index in [-0.39, 0.29) is 13.2 Å². The molecule has 2 heterocycles. The third kappa shape index (κ3) is 6.75. The molecule has 0 aromatic heterocycles. The minimum absolute atomic E-state index is 0.125. The Morgan fingerprint density at radius 1 is 0.800 bits per heavy atom. The Balaban J connectivity index is 0.000000272. The molecule has 0 aromatic carbocycles. The maximum absolute atomic E-state index is 9.10. The van der Waals surface area contributed by atoms with E-state index >= 15 is 0 Å². The molecule has 0 radical (unpaired) electrons. The molecule has 2 rings (SSSR count). The highest BCUT2D eigenvalue weighted by molar-refractivity contribution is 6.27. The SMILES string of the molecule is O=C(O)C(=O)O.OCC1(O)CNC1.OCC1(O)CNC1. The molecular formula is C10H20N2O8. The Bertz CT molecular complexity index is 284. The normalized spacial score (nSPS) is 20.8. The van der Waals surface area contributed by atoms with Gasteiger partial charge in [0, 0.05) is 26.2 Å². The standard InChI is InChI=1S/2C4H9NO2.C2H2O4/c2*6-3-4(7)1-5-2-4;3-1(4)2(5)6/h2*5-7H,1-3H2;(H,3,4)(H,5,6). The number of carboxylic acids is 2. The highest BCUT2D eigenvalue weighted by Crippen LogP contribution is 2.07. The summed E-state index contributed by atoms with van der Waals surface area (Å²) in [6.45, 7) is 1.88. The number of nitrogens with one attached hydrogen (secondary N) is 2. The summed E-state index contributed by atoms with van der Waals surface area (Å²) in [5, 5.41) is 55.0. The van der Waals surface area contributed by atoms with Crippen molar-refractivity contribution in [2.24, 2.45) is 0 Å². The van der Waals surface area contributed by atoms with Crippen LogP contribution in [0.1, 0.15) is 0 Å².